The number of aromatic nitrogens is 2. The van der Waals surface area contributed by atoms with Gasteiger partial charge >= 0.3 is 0 Å². The van der Waals surface area contributed by atoms with Crippen LogP contribution in [0.15, 0.2) is 29.1 Å². The quantitative estimate of drug-likeness (QED) is 0.925. The highest BCUT2D eigenvalue weighted by atomic mass is 16.5. The van der Waals surface area contributed by atoms with Gasteiger partial charge in [0.15, 0.2) is 0 Å². The van der Waals surface area contributed by atoms with E-state index < -0.39 is 0 Å². The van der Waals surface area contributed by atoms with Crippen LogP contribution in [0.2, 0.25) is 0 Å². The predicted molar refractivity (Wildman–Crippen MR) is 87.3 cm³/mol. The molecule has 122 valence electrons. The molecule has 0 spiro atoms. The largest absolute Gasteiger partial charge is 0.376 e. The van der Waals surface area contributed by atoms with Gasteiger partial charge in [0.25, 0.3) is 5.56 Å². The van der Waals surface area contributed by atoms with E-state index in [1.807, 2.05) is 32.0 Å². The Hall–Kier alpha value is -2.21. The van der Waals surface area contributed by atoms with Crippen molar-refractivity contribution in [1.29, 1.82) is 0 Å². The fourth-order valence-corrected chi connectivity index (χ4v) is 3.04. The summed E-state index contributed by atoms with van der Waals surface area (Å²) in [7, 11) is 0. The first-order valence-electron chi connectivity index (χ1n) is 7.93. The van der Waals surface area contributed by atoms with Gasteiger partial charge in [0, 0.05) is 12.0 Å². The van der Waals surface area contributed by atoms with E-state index in [2.05, 4.69) is 10.4 Å². The molecular weight excluding hydrogens is 294 g/mol. The first-order chi connectivity index (χ1) is 11.1. The maximum Gasteiger partial charge on any atom is 0.275 e. The molecule has 1 fully saturated rings. The lowest BCUT2D eigenvalue weighted by atomic mass is 10.1. The number of aryl methyl sites for hydroxylation is 1. The number of hydrogen-bond acceptors (Lipinski definition) is 4. The van der Waals surface area contributed by atoms with Gasteiger partial charge in [0.1, 0.15) is 6.54 Å². The second-order valence-corrected chi connectivity index (χ2v) is 6.00. The molecule has 1 N–H and O–H groups in total. The number of amides is 1. The summed E-state index contributed by atoms with van der Waals surface area (Å²) in [6.45, 7) is 4.43. The van der Waals surface area contributed by atoms with Crippen molar-refractivity contribution < 1.29 is 9.53 Å². The third-order valence-electron chi connectivity index (χ3n) is 4.26. The van der Waals surface area contributed by atoms with E-state index in [0.29, 0.717) is 5.39 Å². The van der Waals surface area contributed by atoms with Gasteiger partial charge in [-0.1, -0.05) is 18.2 Å². The molecule has 6 nitrogen and oxygen atoms in total. The average molecular weight is 315 g/mol. The van der Waals surface area contributed by atoms with Crippen LogP contribution in [-0.4, -0.2) is 34.4 Å². The lowest BCUT2D eigenvalue weighted by Gasteiger charge is -2.20. The zero-order valence-electron chi connectivity index (χ0n) is 13.4. The van der Waals surface area contributed by atoms with Crippen molar-refractivity contribution in [2.24, 2.45) is 0 Å². The normalized spacial score (nSPS) is 19.0. The maximum absolute atomic E-state index is 12.5. The van der Waals surface area contributed by atoms with Crippen LogP contribution >= 0.6 is 0 Å². The van der Waals surface area contributed by atoms with Gasteiger partial charge in [0.2, 0.25) is 5.91 Å². The molecule has 0 radical (unpaired) electrons. The first-order valence-corrected chi connectivity index (χ1v) is 7.93. The number of rotatable bonds is 4. The molecule has 0 aliphatic carbocycles. The molecule has 1 aliphatic heterocycles. The van der Waals surface area contributed by atoms with E-state index in [1.54, 1.807) is 6.07 Å². The molecule has 3 rings (SSSR count). The fourth-order valence-electron chi connectivity index (χ4n) is 3.04. The predicted octanol–water partition coefficient (Wildman–Crippen LogP) is 1.39. The molecule has 1 aromatic carbocycles. The van der Waals surface area contributed by atoms with Crippen molar-refractivity contribution in [3.05, 3.63) is 40.3 Å². The lowest BCUT2D eigenvalue weighted by Crippen LogP contribution is -2.43. The van der Waals surface area contributed by atoms with Crippen molar-refractivity contribution in [1.82, 2.24) is 15.1 Å². The number of nitrogens with zero attached hydrogens (tertiary/aromatic N) is 2. The van der Waals surface area contributed by atoms with E-state index in [4.69, 9.17) is 4.74 Å². The Kier molecular flexibility index (Phi) is 4.43. The van der Waals surface area contributed by atoms with Crippen molar-refractivity contribution in [3.63, 3.8) is 0 Å². The molecule has 6 heteroatoms. The van der Waals surface area contributed by atoms with E-state index in [0.717, 1.165) is 30.5 Å². The second-order valence-electron chi connectivity index (χ2n) is 6.00. The smallest absolute Gasteiger partial charge is 0.275 e. The number of fused-ring (bicyclic) bond motifs is 1. The number of carbonyl (C=O) groups is 1. The van der Waals surface area contributed by atoms with Gasteiger partial charge < -0.3 is 10.1 Å². The van der Waals surface area contributed by atoms with E-state index in [9.17, 15) is 9.59 Å². The Morgan fingerprint density at radius 3 is 2.87 bits per heavy atom. The van der Waals surface area contributed by atoms with E-state index in [-0.39, 0.29) is 30.2 Å². The van der Waals surface area contributed by atoms with Gasteiger partial charge in [-0.15, -0.1) is 0 Å². The van der Waals surface area contributed by atoms with Crippen LogP contribution in [0.3, 0.4) is 0 Å². The highest BCUT2D eigenvalue weighted by Gasteiger charge is 2.24. The number of benzene rings is 1. The van der Waals surface area contributed by atoms with Crippen LogP contribution in [0.4, 0.5) is 0 Å². The van der Waals surface area contributed by atoms with Crippen molar-refractivity contribution in [2.45, 2.75) is 45.4 Å². The minimum Gasteiger partial charge on any atom is -0.376 e. The van der Waals surface area contributed by atoms with Crippen LogP contribution in [0.5, 0.6) is 0 Å². The molecule has 0 bridgehead atoms. The van der Waals surface area contributed by atoms with Crippen LogP contribution in [-0.2, 0) is 16.1 Å². The summed E-state index contributed by atoms with van der Waals surface area (Å²) < 4.78 is 6.80. The van der Waals surface area contributed by atoms with E-state index >= 15 is 0 Å². The van der Waals surface area contributed by atoms with Crippen LogP contribution in [0.25, 0.3) is 10.8 Å². The van der Waals surface area contributed by atoms with Gasteiger partial charge in [-0.3, -0.25) is 9.59 Å². The highest BCUT2D eigenvalue weighted by molar-refractivity contribution is 5.83. The molecular formula is C17H21N3O3. The third kappa shape index (κ3) is 3.27. The number of ether oxygens (including phenoxy) is 1. The van der Waals surface area contributed by atoms with Crippen LogP contribution < -0.4 is 10.9 Å². The molecule has 1 aromatic heterocycles. The van der Waals surface area contributed by atoms with E-state index in [1.165, 1.54) is 4.68 Å². The summed E-state index contributed by atoms with van der Waals surface area (Å²) >= 11 is 0. The minimum absolute atomic E-state index is 0.0574. The Morgan fingerprint density at radius 1 is 1.43 bits per heavy atom. The first kappa shape index (κ1) is 15.7. The topological polar surface area (TPSA) is 73.2 Å². The average Bonchev–Trinajstić information content (AvgIpc) is 3.07. The molecule has 2 atom stereocenters. The zero-order chi connectivity index (χ0) is 16.4. The highest BCUT2D eigenvalue weighted by Crippen LogP contribution is 2.15. The van der Waals surface area contributed by atoms with Crippen LogP contribution in [0.1, 0.15) is 25.5 Å². The van der Waals surface area contributed by atoms with Gasteiger partial charge in [-0.25, -0.2) is 4.68 Å². The number of carbonyl (C=O) groups excluding carboxylic acids is 1. The second kappa shape index (κ2) is 6.50. The molecule has 1 aliphatic rings. The van der Waals surface area contributed by atoms with Gasteiger partial charge in [0.05, 0.1) is 23.2 Å². The molecule has 1 saturated heterocycles. The molecule has 1 amide bonds. The monoisotopic (exact) mass is 315 g/mol. The van der Waals surface area contributed by atoms with Crippen LogP contribution in [0, 0.1) is 6.92 Å². The summed E-state index contributed by atoms with van der Waals surface area (Å²) in [6, 6.07) is 7.24. The number of nitrogens with one attached hydrogen (secondary N) is 1. The van der Waals surface area contributed by atoms with Crippen molar-refractivity contribution in [2.75, 3.05) is 6.61 Å². The molecule has 23 heavy (non-hydrogen) atoms. The Morgan fingerprint density at radius 2 is 2.17 bits per heavy atom. The van der Waals surface area contributed by atoms with Gasteiger partial charge in [-0.05, 0) is 32.8 Å². The summed E-state index contributed by atoms with van der Waals surface area (Å²) in [6.07, 6.45) is 2.03. The zero-order valence-corrected chi connectivity index (χ0v) is 13.4. The molecule has 2 aromatic rings. The fraction of sp³-hybridized carbons (Fsp3) is 0.471. The summed E-state index contributed by atoms with van der Waals surface area (Å²) in [4.78, 5) is 24.7. The summed E-state index contributed by atoms with van der Waals surface area (Å²) in [5, 5.41) is 8.56. The SMILES string of the molecule is Cc1nn(CC(=O)NC(C)C2CCCO2)c(=O)c2ccccc12. The Labute approximate surface area is 134 Å². The lowest BCUT2D eigenvalue weighted by molar-refractivity contribution is -0.123. The van der Waals surface area contributed by atoms with Gasteiger partial charge in [-0.2, -0.15) is 5.10 Å². The standard InChI is InChI=1S/C17H21N3O3/c1-11-13-6-3-4-7-14(13)17(22)20(19-11)10-16(21)18-12(2)15-8-5-9-23-15/h3-4,6-7,12,15H,5,8-10H2,1-2H3,(H,18,21). The summed E-state index contributed by atoms with van der Waals surface area (Å²) in [5.41, 5.74) is 0.492. The number of hydrogen-bond donors (Lipinski definition) is 1. The Balaban J connectivity index is 1.77. The molecule has 2 heterocycles. The Bertz CT molecular complexity index is 778. The maximum atomic E-state index is 12.5. The van der Waals surface area contributed by atoms with Crippen molar-refractivity contribution in [3.8, 4) is 0 Å². The van der Waals surface area contributed by atoms with Crippen molar-refractivity contribution >= 4 is 16.7 Å². The molecule has 2 unspecified atom stereocenters. The summed E-state index contributed by atoms with van der Waals surface area (Å²) in [5.74, 6) is -0.225. The molecule has 0 saturated carbocycles. The minimum atomic E-state index is -0.244. The third-order valence-corrected chi connectivity index (χ3v) is 4.26.